The Morgan fingerprint density at radius 1 is 0.423 bits per heavy atom. The van der Waals surface area contributed by atoms with Gasteiger partial charge in [-0.1, -0.05) is 97.1 Å². The Bertz CT molecular complexity index is 2710. The van der Waals surface area contributed by atoms with Gasteiger partial charge >= 0.3 is 0 Å². The van der Waals surface area contributed by atoms with Gasteiger partial charge in [0.2, 0.25) is 0 Å². The number of hydrogen-bond acceptors (Lipinski definition) is 4. The highest BCUT2D eigenvalue weighted by Gasteiger charge is 2.39. The maximum atomic E-state index is 14.5. The van der Waals surface area contributed by atoms with Gasteiger partial charge in [0.1, 0.15) is 0 Å². The zero-order chi connectivity index (χ0) is 35.3. The lowest BCUT2D eigenvalue weighted by atomic mass is 9.94. The second-order valence-corrected chi connectivity index (χ2v) is 12.7. The average molecular weight is 667 g/mol. The highest BCUT2D eigenvalue weighted by atomic mass is 16.2. The number of amides is 2. The topological polar surface area (TPSA) is 89.9 Å². The van der Waals surface area contributed by atoms with Crippen LogP contribution in [0.3, 0.4) is 0 Å². The van der Waals surface area contributed by atoms with Crippen molar-refractivity contribution in [2.24, 2.45) is 0 Å². The number of aromatic nitrogens is 1. The van der Waals surface area contributed by atoms with Gasteiger partial charge in [-0.05, 0) is 94.0 Å². The molecule has 8 aromatic rings. The summed E-state index contributed by atoms with van der Waals surface area (Å²) in [5.74, 6) is -0.754. The summed E-state index contributed by atoms with van der Waals surface area (Å²) in [5.41, 5.74) is 10.5. The van der Waals surface area contributed by atoms with Crippen LogP contribution in [0.1, 0.15) is 31.8 Å². The number of nitrogens with zero attached hydrogens (tertiary/aromatic N) is 4. The van der Waals surface area contributed by atoms with Crippen molar-refractivity contribution in [3.05, 3.63) is 180 Å². The van der Waals surface area contributed by atoms with E-state index in [1.54, 1.807) is 6.07 Å². The number of anilines is 1. The van der Waals surface area contributed by atoms with Gasteiger partial charge in [-0.3, -0.25) is 9.59 Å². The first-order valence-electron chi connectivity index (χ1n) is 16.8. The Labute approximate surface area is 299 Å². The number of carbonyl (C=O) groups excluding carboxylic acids is 2. The third-order valence-corrected chi connectivity index (χ3v) is 9.83. The molecule has 0 unspecified atom stereocenters. The molecular formula is C46H26N4O2. The maximum Gasteiger partial charge on any atom is 0.268 e. The molecule has 6 heteroatoms. The van der Waals surface area contributed by atoms with E-state index in [9.17, 15) is 20.1 Å². The van der Waals surface area contributed by atoms with Gasteiger partial charge in [0.15, 0.2) is 0 Å². The van der Waals surface area contributed by atoms with E-state index in [-0.39, 0.29) is 11.8 Å². The molecule has 52 heavy (non-hydrogen) atoms. The molecule has 0 spiro atoms. The van der Waals surface area contributed by atoms with E-state index < -0.39 is 0 Å². The van der Waals surface area contributed by atoms with Crippen molar-refractivity contribution in [1.29, 1.82) is 10.5 Å². The quantitative estimate of drug-likeness (QED) is 0.171. The molecular weight excluding hydrogens is 641 g/mol. The molecule has 2 heterocycles. The molecule has 0 aliphatic carbocycles. The molecule has 9 rings (SSSR count). The number of carbonyl (C=O) groups is 2. The Morgan fingerprint density at radius 2 is 0.904 bits per heavy atom. The first-order chi connectivity index (χ1) is 25.6. The molecule has 242 valence electrons. The molecule has 7 aromatic carbocycles. The zero-order valence-corrected chi connectivity index (χ0v) is 27.6. The average Bonchev–Trinajstić information content (AvgIpc) is 3.69. The smallest absolute Gasteiger partial charge is 0.268 e. The number of rotatable bonds is 5. The molecule has 2 amide bonds. The molecule has 0 bridgehead atoms. The SMILES string of the molecule is N#Cc1ccc(-c2cccc3c2c2c(-c4ccc(C#N)cc4)cccc2n3-c2cccc3c2C(=O)N(c2ccc(-c4ccccc4)cc2)C3=O)cc1. The molecule has 0 fully saturated rings. The van der Waals surface area contributed by atoms with Crippen LogP contribution in [0.5, 0.6) is 0 Å². The third kappa shape index (κ3) is 4.71. The summed E-state index contributed by atoms with van der Waals surface area (Å²) in [6.07, 6.45) is 0. The molecule has 0 N–H and O–H groups in total. The predicted octanol–water partition coefficient (Wildman–Crippen LogP) is 10.3. The zero-order valence-electron chi connectivity index (χ0n) is 27.6. The van der Waals surface area contributed by atoms with Gasteiger partial charge < -0.3 is 4.57 Å². The van der Waals surface area contributed by atoms with Crippen molar-refractivity contribution in [2.45, 2.75) is 0 Å². The van der Waals surface area contributed by atoms with Crippen LogP contribution in [-0.2, 0) is 0 Å². The van der Waals surface area contributed by atoms with E-state index in [0.717, 1.165) is 55.2 Å². The van der Waals surface area contributed by atoms with Crippen LogP contribution >= 0.6 is 0 Å². The lowest BCUT2D eigenvalue weighted by Gasteiger charge is -2.15. The fraction of sp³-hybridized carbons (Fsp3) is 0. The van der Waals surface area contributed by atoms with Crippen molar-refractivity contribution in [1.82, 2.24) is 4.57 Å². The monoisotopic (exact) mass is 666 g/mol. The van der Waals surface area contributed by atoms with E-state index in [1.807, 2.05) is 140 Å². The van der Waals surface area contributed by atoms with Gasteiger partial charge in [0.05, 0.1) is 56.8 Å². The second kappa shape index (κ2) is 12.1. The Balaban J connectivity index is 1.27. The summed E-state index contributed by atoms with van der Waals surface area (Å²) in [6, 6.07) is 54.5. The third-order valence-electron chi connectivity index (χ3n) is 9.83. The summed E-state index contributed by atoms with van der Waals surface area (Å²) < 4.78 is 2.08. The minimum atomic E-state index is -0.385. The maximum absolute atomic E-state index is 14.5. The lowest BCUT2D eigenvalue weighted by Crippen LogP contribution is -2.29. The Hall–Kier alpha value is -7.54. The van der Waals surface area contributed by atoms with Gasteiger partial charge in [-0.25, -0.2) is 4.90 Å². The minimum Gasteiger partial charge on any atom is -0.308 e. The van der Waals surface area contributed by atoms with Crippen molar-refractivity contribution >= 4 is 39.3 Å². The van der Waals surface area contributed by atoms with Crippen LogP contribution in [-0.4, -0.2) is 16.4 Å². The van der Waals surface area contributed by atoms with Crippen LogP contribution in [0.4, 0.5) is 5.69 Å². The Kier molecular flexibility index (Phi) is 7.10. The van der Waals surface area contributed by atoms with Crippen LogP contribution in [0, 0.1) is 22.7 Å². The summed E-state index contributed by atoms with van der Waals surface area (Å²) >= 11 is 0. The van der Waals surface area contributed by atoms with Crippen molar-refractivity contribution in [2.75, 3.05) is 4.90 Å². The second-order valence-electron chi connectivity index (χ2n) is 12.7. The van der Waals surface area contributed by atoms with Gasteiger partial charge in [-0.2, -0.15) is 10.5 Å². The fourth-order valence-corrected chi connectivity index (χ4v) is 7.42. The molecule has 0 saturated heterocycles. The van der Waals surface area contributed by atoms with E-state index >= 15 is 0 Å². The van der Waals surface area contributed by atoms with Gasteiger partial charge in [0.25, 0.3) is 11.8 Å². The van der Waals surface area contributed by atoms with Gasteiger partial charge in [0, 0.05) is 10.8 Å². The fourth-order valence-electron chi connectivity index (χ4n) is 7.42. The summed E-state index contributed by atoms with van der Waals surface area (Å²) in [5, 5.41) is 20.9. The predicted molar refractivity (Wildman–Crippen MR) is 204 cm³/mol. The van der Waals surface area contributed by atoms with E-state index in [2.05, 4.69) is 28.8 Å². The van der Waals surface area contributed by atoms with E-state index in [0.29, 0.717) is 33.6 Å². The van der Waals surface area contributed by atoms with Crippen molar-refractivity contribution in [3.63, 3.8) is 0 Å². The molecule has 0 atom stereocenters. The highest BCUT2D eigenvalue weighted by molar-refractivity contribution is 6.36. The first-order valence-corrected chi connectivity index (χ1v) is 16.8. The summed E-state index contributed by atoms with van der Waals surface area (Å²) in [6.45, 7) is 0. The van der Waals surface area contributed by atoms with Crippen LogP contribution < -0.4 is 4.90 Å². The van der Waals surface area contributed by atoms with E-state index in [1.165, 1.54) is 4.90 Å². The number of hydrogen-bond donors (Lipinski definition) is 0. The minimum absolute atomic E-state index is 0.339. The van der Waals surface area contributed by atoms with Crippen molar-refractivity contribution in [3.8, 4) is 51.2 Å². The molecule has 1 aliphatic heterocycles. The van der Waals surface area contributed by atoms with E-state index in [4.69, 9.17) is 0 Å². The standard InChI is InChI=1S/C46H26N4O2/c47-27-29-15-19-33(20-16-29)36-9-4-12-39-42(36)43-37(34-21-17-30(28-48)18-22-34)10-5-13-40(43)50(39)41-14-6-11-38-44(41)46(52)49(45(38)51)35-25-23-32(24-26-35)31-7-2-1-3-8-31/h1-26H. The largest absolute Gasteiger partial charge is 0.308 e. The van der Waals surface area contributed by atoms with Gasteiger partial charge in [-0.15, -0.1) is 0 Å². The van der Waals surface area contributed by atoms with Crippen molar-refractivity contribution < 1.29 is 9.59 Å². The summed E-state index contributed by atoms with van der Waals surface area (Å²) in [7, 11) is 0. The number of benzene rings is 7. The number of fused-ring (bicyclic) bond motifs is 4. The first kappa shape index (κ1) is 30.5. The molecule has 1 aromatic heterocycles. The normalized spacial score (nSPS) is 12.2. The van der Waals surface area contributed by atoms with Crippen LogP contribution in [0.15, 0.2) is 158 Å². The summed E-state index contributed by atoms with van der Waals surface area (Å²) in [4.78, 5) is 29.8. The number of nitriles is 2. The molecule has 1 aliphatic rings. The molecule has 0 saturated carbocycles. The molecule has 6 nitrogen and oxygen atoms in total. The van der Waals surface area contributed by atoms with Crippen LogP contribution in [0.25, 0.3) is 60.9 Å². The molecule has 0 radical (unpaired) electrons. The highest BCUT2D eigenvalue weighted by Crippen LogP contribution is 2.44. The Morgan fingerprint density at radius 3 is 1.44 bits per heavy atom. The lowest BCUT2D eigenvalue weighted by molar-refractivity contribution is 0.0926. The number of imide groups is 1. The van der Waals surface area contributed by atoms with Crippen LogP contribution in [0.2, 0.25) is 0 Å².